The Bertz CT molecular complexity index is 876. The lowest BCUT2D eigenvalue weighted by molar-refractivity contribution is 0.0292. The van der Waals surface area contributed by atoms with E-state index in [9.17, 15) is 9.59 Å². The van der Waals surface area contributed by atoms with Crippen LogP contribution in [0.5, 0.6) is 0 Å². The number of carbonyl (C=O) groups excluding carboxylic acids is 2. The molecule has 160 valence electrons. The van der Waals surface area contributed by atoms with Crippen molar-refractivity contribution in [3.63, 3.8) is 0 Å². The summed E-state index contributed by atoms with van der Waals surface area (Å²) in [7, 11) is 0. The van der Waals surface area contributed by atoms with Crippen molar-refractivity contribution in [3.05, 3.63) is 64.7 Å². The van der Waals surface area contributed by atoms with Gasteiger partial charge in [0.2, 0.25) is 0 Å². The van der Waals surface area contributed by atoms with Crippen LogP contribution in [-0.2, 0) is 11.3 Å². The normalized spacial score (nSPS) is 16.3. The molecule has 6 nitrogen and oxygen atoms in total. The van der Waals surface area contributed by atoms with E-state index >= 15 is 0 Å². The molecule has 1 saturated heterocycles. The molecule has 3 amide bonds. The molecule has 1 atom stereocenters. The number of nitrogens with zero attached hydrogens (tertiary/aromatic N) is 1. The van der Waals surface area contributed by atoms with E-state index in [1.54, 1.807) is 17.0 Å². The lowest BCUT2D eigenvalue weighted by Gasteiger charge is -2.24. The van der Waals surface area contributed by atoms with Crippen molar-refractivity contribution in [1.82, 2.24) is 10.2 Å². The monoisotopic (exact) mass is 429 g/mol. The molecule has 0 spiro atoms. The Labute approximate surface area is 182 Å². The zero-order valence-electron chi connectivity index (χ0n) is 17.6. The van der Waals surface area contributed by atoms with Crippen LogP contribution in [0.15, 0.2) is 48.5 Å². The molecule has 0 unspecified atom stereocenters. The van der Waals surface area contributed by atoms with Crippen molar-refractivity contribution < 1.29 is 14.3 Å². The molecule has 1 aliphatic heterocycles. The summed E-state index contributed by atoms with van der Waals surface area (Å²) < 4.78 is 5.46. The third-order valence-corrected chi connectivity index (χ3v) is 5.10. The molecule has 0 bridgehead atoms. The van der Waals surface area contributed by atoms with E-state index in [-0.39, 0.29) is 18.0 Å². The SMILES string of the molecule is CC(C)(C)OC(=O)N1CC[C@@H](c2ccc(NC(=O)NCc3ccc(Cl)cc3)cc2)C1. The third kappa shape index (κ3) is 6.39. The second-order valence-electron chi connectivity index (χ2n) is 8.47. The molecule has 2 N–H and O–H groups in total. The van der Waals surface area contributed by atoms with Crippen LogP contribution < -0.4 is 10.6 Å². The fraction of sp³-hybridized carbons (Fsp3) is 0.391. The van der Waals surface area contributed by atoms with Crippen molar-refractivity contribution in [1.29, 1.82) is 0 Å². The molecule has 3 rings (SSSR count). The van der Waals surface area contributed by atoms with Crippen LogP contribution in [-0.4, -0.2) is 35.7 Å². The van der Waals surface area contributed by atoms with Crippen molar-refractivity contribution in [2.75, 3.05) is 18.4 Å². The third-order valence-electron chi connectivity index (χ3n) is 4.85. The van der Waals surface area contributed by atoms with Gasteiger partial charge in [-0.2, -0.15) is 0 Å². The van der Waals surface area contributed by atoms with Crippen LogP contribution in [0.1, 0.15) is 44.2 Å². The van der Waals surface area contributed by atoms with Gasteiger partial charge in [-0.3, -0.25) is 0 Å². The molecule has 0 aliphatic carbocycles. The topological polar surface area (TPSA) is 70.7 Å². The summed E-state index contributed by atoms with van der Waals surface area (Å²) in [6.45, 7) is 7.36. The van der Waals surface area contributed by atoms with Gasteiger partial charge in [0, 0.05) is 36.3 Å². The Balaban J connectivity index is 1.48. The zero-order chi connectivity index (χ0) is 21.7. The number of ether oxygens (including phenoxy) is 1. The molecule has 1 fully saturated rings. The molecular weight excluding hydrogens is 402 g/mol. The Kier molecular flexibility index (Phi) is 6.87. The van der Waals surface area contributed by atoms with E-state index in [1.165, 1.54) is 0 Å². The van der Waals surface area contributed by atoms with Gasteiger partial charge in [0.1, 0.15) is 5.60 Å². The number of halogens is 1. The average Bonchev–Trinajstić information content (AvgIpc) is 3.17. The van der Waals surface area contributed by atoms with Crippen LogP contribution in [0, 0.1) is 0 Å². The summed E-state index contributed by atoms with van der Waals surface area (Å²) >= 11 is 5.86. The van der Waals surface area contributed by atoms with Crippen molar-refractivity contribution in [3.8, 4) is 0 Å². The van der Waals surface area contributed by atoms with Gasteiger partial charge in [0.15, 0.2) is 0 Å². The van der Waals surface area contributed by atoms with Crippen LogP contribution in [0.2, 0.25) is 5.02 Å². The predicted molar refractivity (Wildman–Crippen MR) is 119 cm³/mol. The first-order valence-corrected chi connectivity index (χ1v) is 10.4. The Hall–Kier alpha value is -2.73. The summed E-state index contributed by atoms with van der Waals surface area (Å²) in [6.07, 6.45) is 0.633. The Morgan fingerprint density at radius 1 is 1.10 bits per heavy atom. The molecule has 0 radical (unpaired) electrons. The van der Waals surface area contributed by atoms with Gasteiger partial charge in [0.05, 0.1) is 0 Å². The van der Waals surface area contributed by atoms with Crippen LogP contribution >= 0.6 is 11.6 Å². The van der Waals surface area contributed by atoms with Gasteiger partial charge in [-0.15, -0.1) is 0 Å². The maximum Gasteiger partial charge on any atom is 0.410 e. The highest BCUT2D eigenvalue weighted by Gasteiger charge is 2.30. The van der Waals surface area contributed by atoms with Crippen LogP contribution in [0.25, 0.3) is 0 Å². The maximum absolute atomic E-state index is 12.2. The van der Waals surface area contributed by atoms with Gasteiger partial charge in [0.25, 0.3) is 0 Å². The smallest absolute Gasteiger partial charge is 0.410 e. The summed E-state index contributed by atoms with van der Waals surface area (Å²) in [5.41, 5.74) is 2.35. The number of rotatable bonds is 4. The van der Waals surface area contributed by atoms with Crippen molar-refractivity contribution in [2.45, 2.75) is 45.3 Å². The quantitative estimate of drug-likeness (QED) is 0.684. The van der Waals surface area contributed by atoms with Gasteiger partial charge in [-0.05, 0) is 62.6 Å². The lowest BCUT2D eigenvalue weighted by Crippen LogP contribution is -2.35. The molecular formula is C23H28ClN3O3. The largest absolute Gasteiger partial charge is 0.444 e. The van der Waals surface area contributed by atoms with E-state index in [2.05, 4.69) is 10.6 Å². The van der Waals surface area contributed by atoms with E-state index in [0.29, 0.717) is 30.3 Å². The number of hydrogen-bond donors (Lipinski definition) is 2. The minimum Gasteiger partial charge on any atom is -0.444 e. The summed E-state index contributed by atoms with van der Waals surface area (Å²) in [4.78, 5) is 26.1. The van der Waals surface area contributed by atoms with Gasteiger partial charge in [-0.25, -0.2) is 9.59 Å². The fourth-order valence-corrected chi connectivity index (χ4v) is 3.45. The number of benzene rings is 2. The average molecular weight is 430 g/mol. The highest BCUT2D eigenvalue weighted by molar-refractivity contribution is 6.30. The summed E-state index contributed by atoms with van der Waals surface area (Å²) in [6, 6.07) is 14.8. The summed E-state index contributed by atoms with van der Waals surface area (Å²) in [5, 5.41) is 6.32. The predicted octanol–water partition coefficient (Wildman–Crippen LogP) is 5.39. The number of likely N-dealkylation sites (tertiary alicyclic amines) is 1. The number of urea groups is 1. The van der Waals surface area contributed by atoms with E-state index in [4.69, 9.17) is 16.3 Å². The standard InChI is InChI=1S/C23H28ClN3O3/c1-23(2,3)30-22(29)27-13-12-18(15-27)17-6-10-20(11-7-17)26-21(28)25-14-16-4-8-19(24)9-5-16/h4-11,18H,12-15H2,1-3H3,(H2,25,26,28)/t18-/m1/s1. The summed E-state index contributed by atoms with van der Waals surface area (Å²) in [5.74, 6) is 0.269. The number of anilines is 1. The number of carbonyl (C=O) groups is 2. The van der Waals surface area contributed by atoms with Crippen molar-refractivity contribution in [2.24, 2.45) is 0 Å². The van der Waals surface area contributed by atoms with Crippen LogP contribution in [0.4, 0.5) is 15.3 Å². The molecule has 1 heterocycles. The second kappa shape index (κ2) is 9.39. The van der Waals surface area contributed by atoms with E-state index < -0.39 is 5.60 Å². The minimum atomic E-state index is -0.489. The Morgan fingerprint density at radius 2 is 1.77 bits per heavy atom. The molecule has 2 aromatic carbocycles. The van der Waals surface area contributed by atoms with E-state index in [1.807, 2.05) is 57.2 Å². The van der Waals surface area contributed by atoms with E-state index in [0.717, 1.165) is 17.5 Å². The fourth-order valence-electron chi connectivity index (χ4n) is 3.32. The number of amides is 3. The second-order valence-corrected chi connectivity index (χ2v) is 8.90. The van der Waals surface area contributed by atoms with Crippen LogP contribution in [0.3, 0.4) is 0 Å². The molecule has 0 aromatic heterocycles. The van der Waals surface area contributed by atoms with Gasteiger partial charge >= 0.3 is 12.1 Å². The highest BCUT2D eigenvalue weighted by atomic mass is 35.5. The molecule has 2 aromatic rings. The molecule has 1 aliphatic rings. The Morgan fingerprint density at radius 3 is 2.40 bits per heavy atom. The minimum absolute atomic E-state index is 0.263. The zero-order valence-corrected chi connectivity index (χ0v) is 18.3. The van der Waals surface area contributed by atoms with Gasteiger partial charge in [-0.1, -0.05) is 35.9 Å². The first-order valence-electron chi connectivity index (χ1n) is 10.1. The number of hydrogen-bond acceptors (Lipinski definition) is 3. The van der Waals surface area contributed by atoms with Gasteiger partial charge < -0.3 is 20.3 Å². The highest BCUT2D eigenvalue weighted by Crippen LogP contribution is 2.29. The first-order chi connectivity index (χ1) is 14.2. The lowest BCUT2D eigenvalue weighted by atomic mass is 9.98. The number of nitrogens with one attached hydrogen (secondary N) is 2. The molecule has 0 saturated carbocycles. The molecule has 7 heteroatoms. The first kappa shape index (κ1) is 22.0. The van der Waals surface area contributed by atoms with Crippen molar-refractivity contribution >= 4 is 29.4 Å². The maximum atomic E-state index is 12.2. The molecule has 30 heavy (non-hydrogen) atoms.